The number of rotatable bonds is 3. The van der Waals surface area contributed by atoms with Gasteiger partial charge in [-0.3, -0.25) is 4.79 Å². The molecule has 3 rings (SSSR count). The van der Waals surface area contributed by atoms with Crippen LogP contribution in [-0.2, 0) is 17.8 Å². The summed E-state index contributed by atoms with van der Waals surface area (Å²) in [5.74, 6) is -0.113. The Morgan fingerprint density at radius 1 is 1.10 bits per heavy atom. The summed E-state index contributed by atoms with van der Waals surface area (Å²) in [7, 11) is 0. The van der Waals surface area contributed by atoms with E-state index in [1.54, 1.807) is 0 Å². The van der Waals surface area contributed by atoms with Crippen molar-refractivity contribution in [2.24, 2.45) is 5.10 Å². The van der Waals surface area contributed by atoms with Gasteiger partial charge in [-0.2, -0.15) is 9.67 Å². The highest BCUT2D eigenvalue weighted by Crippen LogP contribution is 2.21. The average Bonchev–Trinajstić information content (AvgIpc) is 2.89. The monoisotopic (exact) mass is 301 g/mol. The smallest absolute Gasteiger partial charge is 0.305 e. The standard InChI is InChI=1S/C16H15N3O.ClH/c20-16(12-19-10-4-1-5-11-19)18-17-15-9-8-13-6-2-3-7-14(13)15;/h1-7,10-11H,8-9,12H2;1H. The van der Waals surface area contributed by atoms with Crippen LogP contribution >= 0.6 is 0 Å². The van der Waals surface area contributed by atoms with E-state index in [4.69, 9.17) is 0 Å². The van der Waals surface area contributed by atoms with Gasteiger partial charge in [-0.1, -0.05) is 30.3 Å². The second kappa shape index (κ2) is 6.99. The summed E-state index contributed by atoms with van der Waals surface area (Å²) in [5.41, 5.74) is 6.06. The van der Waals surface area contributed by atoms with Crippen LogP contribution in [0.25, 0.3) is 0 Å². The van der Waals surface area contributed by atoms with Crippen LogP contribution in [0, 0.1) is 0 Å². The minimum absolute atomic E-state index is 0. The lowest BCUT2D eigenvalue weighted by Gasteiger charge is -2.01. The number of benzene rings is 1. The Labute approximate surface area is 129 Å². The average molecular weight is 302 g/mol. The quantitative estimate of drug-likeness (QED) is 0.541. The topological polar surface area (TPSA) is 45.3 Å². The number of aromatic nitrogens is 1. The van der Waals surface area contributed by atoms with Crippen molar-refractivity contribution in [2.75, 3.05) is 0 Å². The molecule has 0 bridgehead atoms. The molecule has 0 aliphatic heterocycles. The lowest BCUT2D eigenvalue weighted by Crippen LogP contribution is -3.00. The van der Waals surface area contributed by atoms with E-state index in [0.29, 0.717) is 0 Å². The molecule has 0 atom stereocenters. The third-order valence-corrected chi connectivity index (χ3v) is 3.38. The first-order chi connectivity index (χ1) is 9.83. The number of nitrogens with one attached hydrogen (secondary N) is 1. The number of aryl methyl sites for hydroxylation is 1. The third-order valence-electron chi connectivity index (χ3n) is 3.38. The van der Waals surface area contributed by atoms with Gasteiger partial charge >= 0.3 is 5.91 Å². The van der Waals surface area contributed by atoms with Gasteiger partial charge < -0.3 is 12.4 Å². The van der Waals surface area contributed by atoms with E-state index in [9.17, 15) is 4.79 Å². The predicted molar refractivity (Wildman–Crippen MR) is 76.1 cm³/mol. The zero-order valence-electron chi connectivity index (χ0n) is 11.5. The van der Waals surface area contributed by atoms with Crippen molar-refractivity contribution >= 4 is 11.6 Å². The molecular weight excluding hydrogens is 286 g/mol. The first-order valence-electron chi connectivity index (χ1n) is 6.71. The number of fused-ring (bicyclic) bond motifs is 1. The Bertz CT molecular complexity index is 656. The van der Waals surface area contributed by atoms with Crippen molar-refractivity contribution in [1.29, 1.82) is 0 Å². The van der Waals surface area contributed by atoms with Crippen molar-refractivity contribution in [1.82, 2.24) is 5.43 Å². The number of pyridine rings is 1. The highest BCUT2D eigenvalue weighted by atomic mass is 35.5. The molecule has 1 heterocycles. The van der Waals surface area contributed by atoms with Gasteiger partial charge in [-0.15, -0.1) is 0 Å². The predicted octanol–water partition coefficient (Wildman–Crippen LogP) is -1.56. The summed E-state index contributed by atoms with van der Waals surface area (Å²) < 4.78 is 1.82. The van der Waals surface area contributed by atoms with Gasteiger partial charge in [-0.25, -0.2) is 5.43 Å². The van der Waals surface area contributed by atoms with E-state index in [1.807, 2.05) is 47.3 Å². The molecule has 0 radical (unpaired) electrons. The zero-order chi connectivity index (χ0) is 13.8. The molecule has 1 aromatic heterocycles. The Kier molecular flexibility index (Phi) is 5.06. The SMILES string of the molecule is O=C(C[n+]1ccccc1)NN=C1CCc2ccccc21.[Cl-]. The van der Waals surface area contributed by atoms with Gasteiger partial charge in [-0.05, 0) is 18.4 Å². The largest absolute Gasteiger partial charge is 1.00 e. The van der Waals surface area contributed by atoms with Gasteiger partial charge in [0.25, 0.3) is 0 Å². The molecule has 0 saturated carbocycles. The molecule has 0 unspecified atom stereocenters. The van der Waals surface area contributed by atoms with Crippen molar-refractivity contribution in [2.45, 2.75) is 19.4 Å². The fourth-order valence-corrected chi connectivity index (χ4v) is 2.39. The van der Waals surface area contributed by atoms with Crippen LogP contribution in [0.4, 0.5) is 0 Å². The molecule has 108 valence electrons. The Hall–Kier alpha value is -2.20. The summed E-state index contributed by atoms with van der Waals surface area (Å²) in [6.45, 7) is 0.277. The maximum absolute atomic E-state index is 11.8. The number of hydrogen-bond acceptors (Lipinski definition) is 2. The summed E-state index contributed by atoms with van der Waals surface area (Å²) in [5, 5.41) is 4.26. The summed E-state index contributed by atoms with van der Waals surface area (Å²) in [4.78, 5) is 11.8. The third kappa shape index (κ3) is 3.67. The molecular formula is C16H16ClN3O. The van der Waals surface area contributed by atoms with E-state index >= 15 is 0 Å². The fraction of sp³-hybridized carbons (Fsp3) is 0.188. The van der Waals surface area contributed by atoms with Crippen molar-refractivity contribution in [3.05, 3.63) is 66.0 Å². The van der Waals surface area contributed by atoms with E-state index < -0.39 is 0 Å². The normalized spacial score (nSPS) is 14.4. The number of carbonyl (C=O) groups is 1. The highest BCUT2D eigenvalue weighted by Gasteiger charge is 2.17. The van der Waals surface area contributed by atoms with Gasteiger partial charge in [0, 0.05) is 17.7 Å². The van der Waals surface area contributed by atoms with Crippen LogP contribution < -0.4 is 22.4 Å². The number of halogens is 1. The molecule has 1 aliphatic rings. The number of hydrogen-bond donors (Lipinski definition) is 1. The van der Waals surface area contributed by atoms with Gasteiger partial charge in [0.2, 0.25) is 6.54 Å². The first kappa shape index (κ1) is 15.2. The Morgan fingerprint density at radius 3 is 2.67 bits per heavy atom. The molecule has 1 amide bonds. The van der Waals surface area contributed by atoms with Crippen LogP contribution in [0.1, 0.15) is 17.5 Å². The first-order valence-corrected chi connectivity index (χ1v) is 6.71. The second-order valence-corrected chi connectivity index (χ2v) is 4.80. The Morgan fingerprint density at radius 2 is 1.86 bits per heavy atom. The maximum atomic E-state index is 11.8. The number of hydrazone groups is 1. The molecule has 0 saturated heterocycles. The molecule has 1 aromatic carbocycles. The van der Waals surface area contributed by atoms with Gasteiger partial charge in [0.05, 0.1) is 5.71 Å². The van der Waals surface area contributed by atoms with E-state index in [0.717, 1.165) is 24.1 Å². The van der Waals surface area contributed by atoms with Crippen LogP contribution in [0.3, 0.4) is 0 Å². The molecule has 4 nitrogen and oxygen atoms in total. The molecule has 2 aromatic rings. The van der Waals surface area contributed by atoms with Crippen molar-refractivity contribution in [3.63, 3.8) is 0 Å². The van der Waals surface area contributed by atoms with Gasteiger partial charge in [0.1, 0.15) is 0 Å². The molecule has 0 spiro atoms. The van der Waals surface area contributed by atoms with Crippen LogP contribution in [0.5, 0.6) is 0 Å². The molecule has 21 heavy (non-hydrogen) atoms. The van der Waals surface area contributed by atoms with Crippen LogP contribution in [0.15, 0.2) is 60.0 Å². The fourth-order valence-electron chi connectivity index (χ4n) is 2.39. The van der Waals surface area contributed by atoms with Gasteiger partial charge in [0.15, 0.2) is 12.4 Å². The number of carbonyl (C=O) groups excluding carboxylic acids is 1. The Balaban J connectivity index is 0.00000161. The van der Waals surface area contributed by atoms with Crippen LogP contribution in [-0.4, -0.2) is 11.6 Å². The van der Waals surface area contributed by atoms with Crippen molar-refractivity contribution < 1.29 is 21.8 Å². The molecule has 1 N–H and O–H groups in total. The molecule has 5 heteroatoms. The highest BCUT2D eigenvalue weighted by molar-refractivity contribution is 6.04. The summed E-state index contributed by atoms with van der Waals surface area (Å²) >= 11 is 0. The van der Waals surface area contributed by atoms with E-state index in [2.05, 4.69) is 22.7 Å². The lowest BCUT2D eigenvalue weighted by atomic mass is 10.1. The zero-order valence-corrected chi connectivity index (χ0v) is 12.3. The number of amides is 1. The second-order valence-electron chi connectivity index (χ2n) is 4.80. The van der Waals surface area contributed by atoms with Crippen LogP contribution in [0.2, 0.25) is 0 Å². The molecule has 0 fully saturated rings. The number of nitrogens with zero attached hydrogens (tertiary/aromatic N) is 2. The lowest BCUT2D eigenvalue weighted by molar-refractivity contribution is -0.684. The molecule has 1 aliphatic carbocycles. The minimum Gasteiger partial charge on any atom is -1.00 e. The van der Waals surface area contributed by atoms with E-state index in [-0.39, 0.29) is 24.9 Å². The van der Waals surface area contributed by atoms with Crippen molar-refractivity contribution in [3.8, 4) is 0 Å². The minimum atomic E-state index is -0.113. The summed E-state index contributed by atoms with van der Waals surface area (Å²) in [6.07, 6.45) is 5.60. The van der Waals surface area contributed by atoms with E-state index in [1.165, 1.54) is 5.56 Å². The maximum Gasteiger partial charge on any atom is 0.305 e. The summed E-state index contributed by atoms with van der Waals surface area (Å²) in [6, 6.07) is 13.9.